The molecule has 0 N–H and O–H groups in total. The molecular formula is C33H38F3N7O3S. The number of piperazine rings is 2. The summed E-state index contributed by atoms with van der Waals surface area (Å²) in [4.78, 5) is 4.71. The van der Waals surface area contributed by atoms with Crippen molar-refractivity contribution in [2.45, 2.75) is 49.8 Å². The highest BCUT2D eigenvalue weighted by atomic mass is 32.2. The highest BCUT2D eigenvalue weighted by Gasteiger charge is 2.45. The fourth-order valence-corrected chi connectivity index (χ4v) is 8.21. The Bertz CT molecular complexity index is 1730. The maximum atomic E-state index is 13.7. The van der Waals surface area contributed by atoms with Crippen LogP contribution in [0.15, 0.2) is 78.9 Å². The number of halogens is 3. The fraction of sp³-hybridized carbons (Fsp3) is 0.424. The molecule has 1 aromatic heterocycles. The van der Waals surface area contributed by atoms with Gasteiger partial charge in [0.05, 0.1) is 18.0 Å². The summed E-state index contributed by atoms with van der Waals surface area (Å²) in [6.45, 7) is 6.29. The monoisotopic (exact) mass is 669 g/mol. The van der Waals surface area contributed by atoms with E-state index < -0.39 is 27.3 Å². The number of methoxy groups -OCH3 is 1. The van der Waals surface area contributed by atoms with Gasteiger partial charge in [0.1, 0.15) is 5.75 Å². The first-order chi connectivity index (χ1) is 22.5. The second-order valence-electron chi connectivity index (χ2n) is 12.3. The fourth-order valence-electron chi connectivity index (χ4n) is 6.89. The van der Waals surface area contributed by atoms with Gasteiger partial charge in [0.15, 0.2) is 0 Å². The molecule has 0 radical (unpaired) electrons. The third kappa shape index (κ3) is 6.77. The van der Waals surface area contributed by atoms with Crippen LogP contribution in [-0.2, 0) is 22.7 Å². The molecule has 3 heterocycles. The number of alkyl halides is 3. The third-order valence-electron chi connectivity index (χ3n) is 9.11. The van der Waals surface area contributed by atoms with Crippen molar-refractivity contribution in [3.05, 3.63) is 101 Å². The van der Waals surface area contributed by atoms with Crippen molar-refractivity contribution < 1.29 is 26.3 Å². The van der Waals surface area contributed by atoms with Crippen molar-refractivity contribution in [2.75, 3.05) is 39.8 Å². The molecule has 14 heteroatoms. The molecule has 3 aromatic carbocycles. The lowest BCUT2D eigenvalue weighted by molar-refractivity contribution is -0.146. The maximum absolute atomic E-state index is 13.7. The summed E-state index contributed by atoms with van der Waals surface area (Å²) in [5, 5.41) is 9.54. The molecule has 0 saturated carbocycles. The maximum Gasteiger partial charge on any atom is 0.453 e. The lowest BCUT2D eigenvalue weighted by Crippen LogP contribution is -2.67. The summed E-state index contributed by atoms with van der Waals surface area (Å²) < 4.78 is 75.5. The van der Waals surface area contributed by atoms with Crippen LogP contribution in [0.25, 0.3) is 5.69 Å². The lowest BCUT2D eigenvalue weighted by Gasteiger charge is -2.53. The van der Waals surface area contributed by atoms with Crippen LogP contribution in [0.4, 0.5) is 13.2 Å². The van der Waals surface area contributed by atoms with Gasteiger partial charge in [0, 0.05) is 62.8 Å². The van der Waals surface area contributed by atoms with E-state index in [1.54, 1.807) is 30.3 Å². The van der Waals surface area contributed by atoms with E-state index in [0.717, 1.165) is 11.1 Å². The average molecular weight is 670 g/mol. The van der Waals surface area contributed by atoms with Gasteiger partial charge in [-0.3, -0.25) is 9.80 Å². The van der Waals surface area contributed by atoms with Crippen molar-refractivity contribution in [1.82, 2.24) is 34.3 Å². The second kappa shape index (κ2) is 13.3. The lowest BCUT2D eigenvalue weighted by atomic mass is 9.81. The Morgan fingerprint density at radius 2 is 1.57 bits per heavy atom. The number of nitrogens with zero attached hydrogens (tertiary/aromatic N) is 7. The summed E-state index contributed by atoms with van der Waals surface area (Å²) in [5.74, 6) is -0.714. The smallest absolute Gasteiger partial charge is 0.453 e. The standard InChI is InChI=1S/C33H38F3N7O3S/c1-23(2)47(44,45)41-16-17-42-28(21-41)20-40(22-29(42)31(24-10-6-4-7-11-24)25-12-8-5-9-13-25)19-26-18-27(14-15-30(26)46-3)43-32(33(34,35)36)37-38-39-43/h4-15,18,23,28-29,31H,16-17,19-22H2,1-3H3/t28-,29+/m1/s1. The van der Waals surface area contributed by atoms with Crippen LogP contribution in [0.2, 0.25) is 0 Å². The molecule has 4 aromatic rings. The minimum absolute atomic E-state index is 0.0141. The summed E-state index contributed by atoms with van der Waals surface area (Å²) in [5.41, 5.74) is 3.13. The van der Waals surface area contributed by atoms with Gasteiger partial charge in [-0.15, -0.1) is 5.10 Å². The van der Waals surface area contributed by atoms with E-state index in [-0.39, 0.29) is 23.7 Å². The quantitative estimate of drug-likeness (QED) is 0.259. The number of benzene rings is 3. The van der Waals surface area contributed by atoms with Crippen molar-refractivity contribution in [3.63, 3.8) is 0 Å². The van der Waals surface area contributed by atoms with E-state index in [1.165, 1.54) is 13.2 Å². The van der Waals surface area contributed by atoms with Crippen molar-refractivity contribution >= 4 is 10.0 Å². The van der Waals surface area contributed by atoms with E-state index in [9.17, 15) is 21.6 Å². The van der Waals surface area contributed by atoms with Gasteiger partial charge < -0.3 is 4.74 Å². The zero-order valence-electron chi connectivity index (χ0n) is 26.5. The highest BCUT2D eigenvalue weighted by molar-refractivity contribution is 7.89. The number of hydrogen-bond donors (Lipinski definition) is 0. The second-order valence-corrected chi connectivity index (χ2v) is 14.8. The van der Waals surface area contributed by atoms with Gasteiger partial charge in [-0.25, -0.2) is 8.42 Å². The Balaban J connectivity index is 1.39. The molecule has 6 rings (SSSR count). The molecule has 2 fully saturated rings. The normalized spacial score (nSPS) is 20.1. The Morgan fingerprint density at radius 3 is 2.17 bits per heavy atom. The molecule has 0 unspecified atom stereocenters. The summed E-state index contributed by atoms with van der Waals surface area (Å²) in [6.07, 6.45) is -4.74. The van der Waals surface area contributed by atoms with Gasteiger partial charge in [0.2, 0.25) is 10.0 Å². The van der Waals surface area contributed by atoms with Gasteiger partial charge in [-0.2, -0.15) is 22.2 Å². The SMILES string of the molecule is COc1ccc(-n2nnnc2C(F)(F)F)cc1CN1C[C@@H]2CN(S(=O)(=O)C(C)C)CCN2[C@H](C(c2ccccc2)c2ccccc2)C1. The first-order valence-corrected chi connectivity index (χ1v) is 17.1. The topological polar surface area (TPSA) is 96.7 Å². The number of hydrogen-bond acceptors (Lipinski definition) is 8. The molecule has 2 aliphatic rings. The van der Waals surface area contributed by atoms with E-state index in [2.05, 4.69) is 49.6 Å². The minimum Gasteiger partial charge on any atom is -0.496 e. The molecule has 2 aliphatic heterocycles. The van der Waals surface area contributed by atoms with E-state index in [1.807, 2.05) is 36.4 Å². The van der Waals surface area contributed by atoms with Crippen LogP contribution in [-0.4, -0.2) is 99.9 Å². The zero-order chi connectivity index (χ0) is 33.3. The van der Waals surface area contributed by atoms with Gasteiger partial charge in [0.25, 0.3) is 5.82 Å². The first-order valence-electron chi connectivity index (χ1n) is 15.6. The molecule has 10 nitrogen and oxygen atoms in total. The highest BCUT2D eigenvalue weighted by Crippen LogP contribution is 2.37. The molecule has 47 heavy (non-hydrogen) atoms. The largest absolute Gasteiger partial charge is 0.496 e. The van der Waals surface area contributed by atoms with Crippen molar-refractivity contribution in [1.29, 1.82) is 0 Å². The molecular weight excluding hydrogens is 631 g/mol. The number of sulfonamides is 1. The number of tetrazole rings is 1. The molecule has 2 atom stereocenters. The van der Waals surface area contributed by atoms with E-state index in [0.29, 0.717) is 55.3 Å². The van der Waals surface area contributed by atoms with Crippen molar-refractivity contribution in [3.8, 4) is 11.4 Å². The van der Waals surface area contributed by atoms with Gasteiger partial charge in [-0.05, 0) is 53.6 Å². The molecule has 0 amide bonds. The Kier molecular flexibility index (Phi) is 9.38. The van der Waals surface area contributed by atoms with E-state index >= 15 is 0 Å². The Labute approximate surface area is 272 Å². The minimum atomic E-state index is -4.74. The van der Waals surface area contributed by atoms with Crippen LogP contribution in [0.3, 0.4) is 0 Å². The average Bonchev–Trinajstić information content (AvgIpc) is 3.57. The zero-order valence-corrected chi connectivity index (χ0v) is 27.3. The molecule has 2 saturated heterocycles. The number of fused-ring (bicyclic) bond motifs is 1. The third-order valence-corrected chi connectivity index (χ3v) is 11.4. The molecule has 250 valence electrons. The Morgan fingerprint density at radius 1 is 0.915 bits per heavy atom. The van der Waals surface area contributed by atoms with Crippen molar-refractivity contribution in [2.24, 2.45) is 0 Å². The summed E-state index contributed by atoms with van der Waals surface area (Å²) >= 11 is 0. The van der Waals surface area contributed by atoms with Gasteiger partial charge in [-0.1, -0.05) is 60.7 Å². The molecule has 0 spiro atoms. The summed E-state index contributed by atoms with van der Waals surface area (Å²) in [6, 6.07) is 25.2. The van der Waals surface area contributed by atoms with Gasteiger partial charge >= 0.3 is 6.18 Å². The van der Waals surface area contributed by atoms with Crippen LogP contribution < -0.4 is 4.74 Å². The molecule has 0 bridgehead atoms. The van der Waals surface area contributed by atoms with Crippen LogP contribution >= 0.6 is 0 Å². The number of ether oxygens (including phenoxy) is 1. The molecule has 0 aliphatic carbocycles. The summed E-state index contributed by atoms with van der Waals surface area (Å²) in [7, 11) is -1.95. The Hall–Kier alpha value is -3.85. The predicted molar refractivity (Wildman–Crippen MR) is 171 cm³/mol. The van der Waals surface area contributed by atoms with Crippen LogP contribution in [0, 0.1) is 0 Å². The van der Waals surface area contributed by atoms with Crippen LogP contribution in [0.1, 0.15) is 42.3 Å². The predicted octanol–water partition coefficient (Wildman–Crippen LogP) is 4.43. The van der Waals surface area contributed by atoms with E-state index in [4.69, 9.17) is 4.74 Å². The van der Waals surface area contributed by atoms with Crippen LogP contribution in [0.5, 0.6) is 5.75 Å². The number of aromatic nitrogens is 4. The number of rotatable bonds is 9. The first kappa shape index (κ1) is 33.1.